The zero-order valence-corrected chi connectivity index (χ0v) is 23.5. The first-order valence-corrected chi connectivity index (χ1v) is 14.4. The maximum atomic E-state index is 13.3. The smallest absolute Gasteiger partial charge is 0.242 e. The first kappa shape index (κ1) is 28.8. The third-order valence-electron chi connectivity index (χ3n) is 5.88. The van der Waals surface area contributed by atoms with E-state index in [-0.39, 0.29) is 37.4 Å². The molecule has 0 aliphatic carbocycles. The second-order valence-electron chi connectivity index (χ2n) is 8.92. The molecule has 35 heavy (non-hydrogen) atoms. The Morgan fingerprint density at radius 3 is 2.31 bits per heavy atom. The fraction of sp³-hybridized carbons (Fsp3) is 0.462. The van der Waals surface area contributed by atoms with Crippen LogP contribution < -0.4 is 9.62 Å². The van der Waals surface area contributed by atoms with Gasteiger partial charge in [0, 0.05) is 30.0 Å². The van der Waals surface area contributed by atoms with Crippen LogP contribution in [0.2, 0.25) is 0 Å². The summed E-state index contributed by atoms with van der Waals surface area (Å²) in [5.41, 5.74) is 2.43. The Balaban J connectivity index is 2.16. The molecule has 0 fully saturated rings. The summed E-state index contributed by atoms with van der Waals surface area (Å²) in [5, 5.41) is 2.95. The lowest BCUT2D eigenvalue weighted by atomic mass is 10.1. The van der Waals surface area contributed by atoms with Gasteiger partial charge in [-0.25, -0.2) is 8.42 Å². The Labute approximate surface area is 218 Å². The Morgan fingerprint density at radius 1 is 1.09 bits per heavy atom. The number of carbonyl (C=O) groups is 2. The lowest BCUT2D eigenvalue weighted by molar-refractivity contribution is -0.140. The van der Waals surface area contributed by atoms with E-state index in [2.05, 4.69) is 21.2 Å². The van der Waals surface area contributed by atoms with E-state index in [1.807, 2.05) is 63.2 Å². The van der Waals surface area contributed by atoms with Crippen molar-refractivity contribution >= 4 is 43.5 Å². The SMILES string of the molecule is CC[C@@H](C)NC(=O)[C@H](C)N(Cc1ccc(Br)cc1)C(=O)CCCN(c1cccc(C)c1)S(C)(=O)=O. The van der Waals surface area contributed by atoms with Crippen LogP contribution in [0.4, 0.5) is 5.69 Å². The predicted molar refractivity (Wildman–Crippen MR) is 145 cm³/mol. The third kappa shape index (κ3) is 8.96. The van der Waals surface area contributed by atoms with E-state index >= 15 is 0 Å². The number of aryl methyl sites for hydroxylation is 1. The van der Waals surface area contributed by atoms with Gasteiger partial charge in [-0.05, 0) is 69.0 Å². The Hall–Kier alpha value is -2.39. The molecule has 9 heteroatoms. The maximum absolute atomic E-state index is 13.3. The first-order valence-electron chi connectivity index (χ1n) is 11.8. The summed E-state index contributed by atoms with van der Waals surface area (Å²) in [4.78, 5) is 27.7. The maximum Gasteiger partial charge on any atom is 0.242 e. The molecular formula is C26H36BrN3O4S. The number of hydrogen-bond donors (Lipinski definition) is 1. The predicted octanol–water partition coefficient (Wildman–Crippen LogP) is 4.64. The van der Waals surface area contributed by atoms with Crippen LogP contribution in [0, 0.1) is 6.92 Å². The standard InChI is InChI=1S/C26H36BrN3O4S/c1-6-20(3)28-26(32)21(4)29(18-22-12-14-23(27)15-13-22)25(31)11-8-16-30(35(5,33)34)24-10-7-9-19(2)17-24/h7,9-10,12-15,17,20-21H,6,8,11,16,18H2,1-5H3,(H,28,32)/t20-,21+/m1/s1. The van der Waals surface area contributed by atoms with Crippen molar-refractivity contribution in [3.05, 3.63) is 64.1 Å². The third-order valence-corrected chi connectivity index (χ3v) is 7.60. The Bertz CT molecular complexity index is 1110. The van der Waals surface area contributed by atoms with E-state index in [0.717, 1.165) is 28.3 Å². The number of sulfonamides is 1. The van der Waals surface area contributed by atoms with Crippen molar-refractivity contribution in [3.8, 4) is 0 Å². The van der Waals surface area contributed by atoms with Crippen LogP contribution in [0.25, 0.3) is 0 Å². The summed E-state index contributed by atoms with van der Waals surface area (Å²) in [5.74, 6) is -0.403. The number of amides is 2. The summed E-state index contributed by atoms with van der Waals surface area (Å²) in [7, 11) is -3.51. The molecule has 2 atom stereocenters. The highest BCUT2D eigenvalue weighted by Gasteiger charge is 2.27. The van der Waals surface area contributed by atoms with Crippen molar-refractivity contribution in [1.82, 2.24) is 10.2 Å². The Kier molecular flexibility index (Phi) is 10.8. The quantitative estimate of drug-likeness (QED) is 0.406. The van der Waals surface area contributed by atoms with E-state index in [1.54, 1.807) is 17.9 Å². The van der Waals surface area contributed by atoms with Crippen molar-refractivity contribution in [3.63, 3.8) is 0 Å². The van der Waals surface area contributed by atoms with Gasteiger partial charge in [-0.1, -0.05) is 47.1 Å². The lowest BCUT2D eigenvalue weighted by Crippen LogP contribution is -2.49. The minimum atomic E-state index is -3.51. The van der Waals surface area contributed by atoms with Gasteiger partial charge in [0.05, 0.1) is 11.9 Å². The summed E-state index contributed by atoms with van der Waals surface area (Å²) in [6.07, 6.45) is 2.41. The zero-order valence-electron chi connectivity index (χ0n) is 21.1. The number of carbonyl (C=O) groups excluding carboxylic acids is 2. The average Bonchev–Trinajstić information content (AvgIpc) is 2.79. The van der Waals surface area contributed by atoms with Crippen LogP contribution in [0.15, 0.2) is 53.0 Å². The molecule has 192 valence electrons. The fourth-order valence-corrected chi connectivity index (χ4v) is 4.84. The van der Waals surface area contributed by atoms with Crippen LogP contribution >= 0.6 is 15.9 Å². The molecular weight excluding hydrogens is 530 g/mol. The summed E-state index contributed by atoms with van der Waals surface area (Å²) < 4.78 is 27.1. The molecule has 1 N–H and O–H groups in total. The van der Waals surface area contributed by atoms with Gasteiger partial charge in [-0.15, -0.1) is 0 Å². The summed E-state index contributed by atoms with van der Waals surface area (Å²) in [6.45, 7) is 8.00. The van der Waals surface area contributed by atoms with Crippen molar-refractivity contribution in [2.75, 3.05) is 17.1 Å². The molecule has 0 aliphatic heterocycles. The normalized spacial score (nSPS) is 13.1. The fourth-order valence-electron chi connectivity index (χ4n) is 3.62. The van der Waals surface area contributed by atoms with Crippen molar-refractivity contribution in [2.24, 2.45) is 0 Å². The molecule has 0 heterocycles. The molecule has 0 unspecified atom stereocenters. The number of hydrogen-bond acceptors (Lipinski definition) is 4. The van der Waals surface area contributed by atoms with Crippen LogP contribution in [0.3, 0.4) is 0 Å². The molecule has 2 aromatic rings. The number of halogens is 1. The molecule has 7 nitrogen and oxygen atoms in total. The van der Waals surface area contributed by atoms with Crippen molar-refractivity contribution in [2.45, 2.75) is 65.6 Å². The van der Waals surface area contributed by atoms with Crippen LogP contribution in [-0.2, 0) is 26.2 Å². The summed E-state index contributed by atoms with van der Waals surface area (Å²) in [6, 6.07) is 14.2. The van der Waals surface area contributed by atoms with E-state index in [4.69, 9.17) is 0 Å². The number of anilines is 1. The minimum Gasteiger partial charge on any atom is -0.352 e. The number of nitrogens with one attached hydrogen (secondary N) is 1. The van der Waals surface area contributed by atoms with Gasteiger partial charge in [0.25, 0.3) is 0 Å². The van der Waals surface area contributed by atoms with Crippen LogP contribution in [0.1, 0.15) is 51.2 Å². The summed E-state index contributed by atoms with van der Waals surface area (Å²) >= 11 is 3.42. The molecule has 2 aromatic carbocycles. The molecule has 0 saturated heterocycles. The van der Waals surface area contributed by atoms with E-state index < -0.39 is 16.1 Å². The molecule has 0 saturated carbocycles. The molecule has 0 bridgehead atoms. The highest BCUT2D eigenvalue weighted by molar-refractivity contribution is 9.10. The molecule has 0 aromatic heterocycles. The monoisotopic (exact) mass is 565 g/mol. The minimum absolute atomic E-state index is 0.00670. The van der Waals surface area contributed by atoms with E-state index in [0.29, 0.717) is 12.1 Å². The van der Waals surface area contributed by atoms with Gasteiger partial charge in [0.1, 0.15) is 6.04 Å². The van der Waals surface area contributed by atoms with Gasteiger partial charge in [-0.2, -0.15) is 0 Å². The number of nitrogens with zero attached hydrogens (tertiary/aromatic N) is 2. The molecule has 2 amide bonds. The van der Waals surface area contributed by atoms with Crippen molar-refractivity contribution in [1.29, 1.82) is 0 Å². The van der Waals surface area contributed by atoms with Gasteiger partial charge in [0.2, 0.25) is 21.8 Å². The second kappa shape index (κ2) is 13.1. The van der Waals surface area contributed by atoms with E-state index in [9.17, 15) is 18.0 Å². The van der Waals surface area contributed by atoms with Crippen LogP contribution in [0.5, 0.6) is 0 Å². The molecule has 0 radical (unpaired) electrons. The lowest BCUT2D eigenvalue weighted by Gasteiger charge is -2.30. The molecule has 0 aliphatic rings. The largest absolute Gasteiger partial charge is 0.352 e. The van der Waals surface area contributed by atoms with Crippen LogP contribution in [-0.4, -0.2) is 50.0 Å². The topological polar surface area (TPSA) is 86.8 Å². The van der Waals surface area contributed by atoms with E-state index in [1.165, 1.54) is 4.31 Å². The van der Waals surface area contributed by atoms with Crippen molar-refractivity contribution < 1.29 is 18.0 Å². The average molecular weight is 567 g/mol. The molecule has 2 rings (SSSR count). The van der Waals surface area contributed by atoms with Gasteiger partial charge >= 0.3 is 0 Å². The first-order chi connectivity index (χ1) is 16.4. The number of rotatable bonds is 12. The Morgan fingerprint density at radius 2 is 1.74 bits per heavy atom. The van der Waals surface area contributed by atoms with Gasteiger partial charge < -0.3 is 10.2 Å². The number of benzene rings is 2. The van der Waals surface area contributed by atoms with Gasteiger partial charge in [-0.3, -0.25) is 13.9 Å². The molecule has 0 spiro atoms. The highest BCUT2D eigenvalue weighted by atomic mass is 79.9. The second-order valence-corrected chi connectivity index (χ2v) is 11.7. The zero-order chi connectivity index (χ0) is 26.2. The highest BCUT2D eigenvalue weighted by Crippen LogP contribution is 2.20. The van der Waals surface area contributed by atoms with Gasteiger partial charge in [0.15, 0.2) is 0 Å².